The van der Waals surface area contributed by atoms with Crippen molar-refractivity contribution in [2.24, 2.45) is 5.92 Å². The number of ketones is 2. The molecular weight excluding hydrogens is 861 g/mol. The van der Waals surface area contributed by atoms with Gasteiger partial charge in [-0.05, 0) is 48.9 Å². The Bertz CT molecular complexity index is 2550. The first kappa shape index (κ1) is 47.6. The Morgan fingerprint density at radius 3 is 2.63 bits per heavy atom. The van der Waals surface area contributed by atoms with Crippen LogP contribution in [0.2, 0.25) is 0 Å². The van der Waals surface area contributed by atoms with E-state index in [9.17, 15) is 34.5 Å². The number of benzene rings is 1. The normalized spacial score (nSPS) is 30.3. The van der Waals surface area contributed by atoms with E-state index in [0.29, 0.717) is 21.8 Å². The number of aliphatic hydroxyl groups is 2. The zero-order valence-electron chi connectivity index (χ0n) is 36.7. The number of pyridine rings is 1. The minimum absolute atomic E-state index is 0.0218. The number of carbonyl (C=O) groups excluding carboxylic acids is 4. The number of amides is 1. The van der Waals surface area contributed by atoms with E-state index in [-0.39, 0.29) is 70.2 Å². The molecule has 2 fully saturated rings. The fourth-order valence-electron chi connectivity index (χ4n) is 8.61. The molecule has 0 saturated carbocycles. The number of aromatic amines is 1. The fourth-order valence-corrected chi connectivity index (χ4v) is 9.11. The lowest BCUT2D eigenvalue weighted by Gasteiger charge is -2.45. The second-order valence-electron chi connectivity index (χ2n) is 16.3. The second-order valence-corrected chi connectivity index (χ2v) is 17.5. The standard InChI is InChI=1S/C47H52N4O13S/c1-23(2)49-32-22-61-37(21-36(32)59-5)64-45-44(57)38(43(56)42-41-27(15-17-48-42)30-19-26(53)13-14-31(30)50-41)24(3)62-46(45)63-35-12-10-8-7-9-11-29-39(35)28(16-18-65-25(4)52)33(54)20-34(55)40(29)51-47(58)60-6/h7-8,13-17,19,23-24,32-33,35-38,40,44-46,49-50,53-54,57H,18,20-22H2,1-6H3,(H,51,58)/b8-7-,28-16-/t24?,32?,33-,35-,36?,37?,38?,40?,44?,45?,46?/m0/s1. The van der Waals surface area contributed by atoms with Crippen molar-refractivity contribution in [3.8, 4) is 29.4 Å². The van der Waals surface area contributed by atoms with Gasteiger partial charge in [0.25, 0.3) is 0 Å². The zero-order chi connectivity index (χ0) is 46.5. The predicted molar refractivity (Wildman–Crippen MR) is 238 cm³/mol. The van der Waals surface area contributed by atoms with Gasteiger partial charge < -0.3 is 59.4 Å². The van der Waals surface area contributed by atoms with Crippen LogP contribution in [0.5, 0.6) is 5.75 Å². The first-order valence-corrected chi connectivity index (χ1v) is 22.2. The van der Waals surface area contributed by atoms with Gasteiger partial charge in [-0.1, -0.05) is 55.4 Å². The highest BCUT2D eigenvalue weighted by Gasteiger charge is 2.52. The summed E-state index contributed by atoms with van der Waals surface area (Å²) in [7, 11) is 2.72. The lowest BCUT2D eigenvalue weighted by atomic mass is 9.84. The number of aliphatic hydroxyl groups excluding tert-OH is 2. The fraction of sp³-hybridized carbons (Fsp3) is 0.468. The van der Waals surface area contributed by atoms with Gasteiger partial charge in [0, 0.05) is 72.3 Å². The molecule has 7 rings (SSSR count). The monoisotopic (exact) mass is 912 g/mol. The third-order valence-corrected chi connectivity index (χ3v) is 12.3. The van der Waals surface area contributed by atoms with E-state index >= 15 is 0 Å². The van der Waals surface area contributed by atoms with Crippen LogP contribution in [0.25, 0.3) is 21.8 Å². The van der Waals surface area contributed by atoms with E-state index in [1.165, 1.54) is 31.3 Å². The molecule has 2 saturated heterocycles. The molecule has 17 nitrogen and oxygen atoms in total. The topological polar surface area (TPSA) is 237 Å². The average molecular weight is 913 g/mol. The molecule has 344 valence electrons. The maximum Gasteiger partial charge on any atom is 0.407 e. The molecule has 65 heavy (non-hydrogen) atoms. The van der Waals surface area contributed by atoms with E-state index in [1.54, 1.807) is 38.3 Å². The van der Waals surface area contributed by atoms with Crippen LogP contribution in [0, 0.1) is 29.6 Å². The summed E-state index contributed by atoms with van der Waals surface area (Å²) in [5.74, 6) is 9.41. The Morgan fingerprint density at radius 2 is 1.89 bits per heavy atom. The predicted octanol–water partition coefficient (Wildman–Crippen LogP) is 3.36. The molecule has 0 spiro atoms. The first-order chi connectivity index (χ1) is 31.2. The number of hydrogen-bond donors (Lipinski definition) is 6. The number of methoxy groups -OCH3 is 2. The number of aromatic nitrogens is 2. The van der Waals surface area contributed by atoms with E-state index in [4.69, 9.17) is 28.4 Å². The van der Waals surface area contributed by atoms with Gasteiger partial charge in [0.2, 0.25) is 0 Å². The number of hydrogen-bond acceptors (Lipinski definition) is 16. The van der Waals surface area contributed by atoms with Crippen LogP contribution in [-0.2, 0) is 38.0 Å². The van der Waals surface area contributed by atoms with E-state index in [0.717, 1.165) is 18.9 Å². The lowest BCUT2D eigenvalue weighted by molar-refractivity contribution is -0.327. The van der Waals surface area contributed by atoms with Crippen LogP contribution in [0.15, 0.2) is 65.4 Å². The number of phenols is 1. The van der Waals surface area contributed by atoms with E-state index in [2.05, 4.69) is 44.3 Å². The summed E-state index contributed by atoms with van der Waals surface area (Å²) in [4.78, 5) is 61.1. The number of aromatic hydroxyl groups is 1. The number of H-pyrrole nitrogens is 1. The summed E-state index contributed by atoms with van der Waals surface area (Å²) in [6.07, 6.45) is -5.13. The summed E-state index contributed by atoms with van der Waals surface area (Å²) in [5.41, 5.74) is 1.37. The van der Waals surface area contributed by atoms with Crippen molar-refractivity contribution in [3.63, 3.8) is 0 Å². The molecule has 2 aromatic heterocycles. The minimum atomic E-state index is -1.63. The van der Waals surface area contributed by atoms with Gasteiger partial charge >= 0.3 is 6.09 Å². The maximum absolute atomic E-state index is 14.8. The number of carbonyl (C=O) groups is 4. The number of nitrogens with one attached hydrogen (secondary N) is 3. The molecule has 18 heteroatoms. The Balaban J connectivity index is 1.31. The molecule has 2 aliphatic carbocycles. The quantitative estimate of drug-likeness (QED) is 0.113. The number of thioether (sulfide) groups is 1. The zero-order valence-corrected chi connectivity index (χ0v) is 37.5. The largest absolute Gasteiger partial charge is 0.508 e. The van der Waals surface area contributed by atoms with Crippen LogP contribution in [-0.4, -0.2) is 142 Å². The van der Waals surface area contributed by atoms with Crippen molar-refractivity contribution in [3.05, 3.63) is 71.1 Å². The van der Waals surface area contributed by atoms with Crippen molar-refractivity contribution >= 4 is 56.3 Å². The third kappa shape index (κ3) is 10.5. The van der Waals surface area contributed by atoms with Gasteiger partial charge in [-0.3, -0.25) is 19.4 Å². The van der Waals surface area contributed by atoms with Gasteiger partial charge in [0.05, 0.1) is 55.6 Å². The Labute approximate surface area is 379 Å². The molecule has 0 bridgehead atoms. The summed E-state index contributed by atoms with van der Waals surface area (Å²) in [6, 6.07) is 5.02. The first-order valence-electron chi connectivity index (χ1n) is 21.2. The summed E-state index contributed by atoms with van der Waals surface area (Å²) in [6.45, 7) is 7.18. The van der Waals surface area contributed by atoms with Crippen molar-refractivity contribution < 1.29 is 62.9 Å². The third-order valence-electron chi connectivity index (χ3n) is 11.6. The van der Waals surface area contributed by atoms with Crippen LogP contribution in [0.3, 0.4) is 0 Å². The molecule has 0 radical (unpaired) electrons. The molecule has 2 aliphatic heterocycles. The SMILES string of the molecule is COC(=O)NC1C(=O)C[C@H](O)/C(=C/CSC(C)=O)C2=C1C#C/C=C\C#C[C@@H]2OC1OC(C)C(C(=O)c2nccc3c2[nH]c2ccc(O)cc23)C(O)C1OC1CC(OC)C(NC(C)C)CO1. The smallest absolute Gasteiger partial charge is 0.407 e. The van der Waals surface area contributed by atoms with Crippen molar-refractivity contribution in [2.75, 3.05) is 26.6 Å². The van der Waals surface area contributed by atoms with Crippen molar-refractivity contribution in [1.82, 2.24) is 20.6 Å². The summed E-state index contributed by atoms with van der Waals surface area (Å²) in [5, 5.41) is 41.6. The van der Waals surface area contributed by atoms with E-state index in [1.807, 2.05) is 13.8 Å². The van der Waals surface area contributed by atoms with Crippen LogP contribution in [0.1, 0.15) is 51.0 Å². The Morgan fingerprint density at radius 1 is 1.11 bits per heavy atom. The number of ether oxygens (including phenoxy) is 6. The molecule has 9 unspecified atom stereocenters. The van der Waals surface area contributed by atoms with Crippen LogP contribution in [0.4, 0.5) is 4.79 Å². The summed E-state index contributed by atoms with van der Waals surface area (Å²) >= 11 is 0.962. The van der Waals surface area contributed by atoms with Crippen LogP contribution < -0.4 is 10.6 Å². The molecule has 4 aliphatic rings. The number of alkyl carbamates (subject to hydrolysis) is 1. The molecule has 11 atom stereocenters. The number of fused-ring (bicyclic) bond motifs is 3. The highest BCUT2D eigenvalue weighted by molar-refractivity contribution is 8.13. The molecule has 6 N–H and O–H groups in total. The average Bonchev–Trinajstić information content (AvgIpc) is 3.64. The van der Waals surface area contributed by atoms with Gasteiger partial charge in [-0.15, -0.1) is 0 Å². The van der Waals surface area contributed by atoms with Crippen molar-refractivity contribution in [1.29, 1.82) is 0 Å². The number of Topliss-reactive ketones (excluding diaryl/α,β-unsaturated/α-hetero) is 2. The van der Waals surface area contributed by atoms with Gasteiger partial charge in [-0.2, -0.15) is 0 Å². The number of nitrogens with zero attached hydrogens (tertiary/aromatic N) is 1. The Kier molecular flexibility index (Phi) is 15.3. The molecule has 4 heterocycles. The molecule has 1 aromatic carbocycles. The Hall–Kier alpha value is -5.38. The second kappa shape index (κ2) is 20.8. The van der Waals surface area contributed by atoms with Gasteiger partial charge in [0.15, 0.2) is 29.3 Å². The molecule has 1 amide bonds. The van der Waals surface area contributed by atoms with Gasteiger partial charge in [-0.25, -0.2) is 4.79 Å². The number of allylic oxidation sites excluding steroid dienone is 2. The number of rotatable bonds is 12. The number of phenolic OH excluding ortho intramolecular Hbond substituents is 1. The highest BCUT2D eigenvalue weighted by Crippen LogP contribution is 2.39. The van der Waals surface area contributed by atoms with Crippen molar-refractivity contribution in [2.45, 2.75) is 108 Å². The van der Waals surface area contributed by atoms with Gasteiger partial charge in [0.1, 0.15) is 29.7 Å². The maximum atomic E-state index is 14.8. The van der Waals surface area contributed by atoms with E-state index < -0.39 is 79.1 Å². The summed E-state index contributed by atoms with van der Waals surface area (Å²) < 4.78 is 36.9. The van der Waals surface area contributed by atoms with Crippen LogP contribution >= 0.6 is 11.8 Å². The minimum Gasteiger partial charge on any atom is -0.508 e. The lowest BCUT2D eigenvalue weighted by Crippen LogP contribution is -2.60. The molecular formula is C47H52N4O13S. The highest BCUT2D eigenvalue weighted by atomic mass is 32.2. The molecule has 3 aromatic rings.